The van der Waals surface area contributed by atoms with E-state index < -0.39 is 5.41 Å². The second-order valence-electron chi connectivity index (χ2n) is 7.31. The first-order valence-corrected chi connectivity index (χ1v) is 10.0. The Morgan fingerprint density at radius 3 is 2.61 bits per heavy atom. The predicted octanol–water partition coefficient (Wildman–Crippen LogP) is 1.96. The van der Waals surface area contributed by atoms with Crippen LogP contribution in [-0.4, -0.2) is 45.9 Å². The van der Waals surface area contributed by atoms with Gasteiger partial charge in [-0.25, -0.2) is 9.97 Å². The van der Waals surface area contributed by atoms with E-state index in [1.54, 1.807) is 40.8 Å². The summed E-state index contributed by atoms with van der Waals surface area (Å²) in [5.74, 6) is 0.861. The molecule has 1 amide bonds. The van der Waals surface area contributed by atoms with Gasteiger partial charge < -0.3 is 20.9 Å². The molecule has 0 aliphatic rings. The van der Waals surface area contributed by atoms with Crippen molar-refractivity contribution in [1.29, 1.82) is 0 Å². The van der Waals surface area contributed by atoms with Crippen molar-refractivity contribution in [1.82, 2.24) is 15.3 Å². The molecule has 0 bridgehead atoms. The average molecular weight is 411 g/mol. The number of aryl methyl sites for hydroxylation is 1. The summed E-state index contributed by atoms with van der Waals surface area (Å²) >= 11 is 1.44. The zero-order valence-electron chi connectivity index (χ0n) is 17.2. The summed E-state index contributed by atoms with van der Waals surface area (Å²) in [6, 6.07) is 0. The monoisotopic (exact) mass is 410 g/mol. The van der Waals surface area contributed by atoms with Crippen LogP contribution in [0.1, 0.15) is 45.5 Å². The number of esters is 1. The quantitative estimate of drug-likeness (QED) is 0.416. The fourth-order valence-corrected chi connectivity index (χ4v) is 3.05. The molecule has 0 spiro atoms. The van der Waals surface area contributed by atoms with Crippen LogP contribution in [-0.2, 0) is 20.7 Å². The van der Waals surface area contributed by atoms with E-state index in [9.17, 15) is 14.7 Å². The second kappa shape index (κ2) is 11.0. The molecule has 0 saturated carbocycles. The van der Waals surface area contributed by atoms with Crippen molar-refractivity contribution in [2.75, 3.05) is 24.7 Å². The second-order valence-corrected chi connectivity index (χ2v) is 8.50. The lowest BCUT2D eigenvalue weighted by Crippen LogP contribution is -2.25. The molecule has 4 N–H and O–H groups in total. The van der Waals surface area contributed by atoms with Gasteiger partial charge >= 0.3 is 5.97 Å². The predicted molar refractivity (Wildman–Crippen MR) is 110 cm³/mol. The van der Waals surface area contributed by atoms with Gasteiger partial charge in [0.1, 0.15) is 18.2 Å². The number of carbonyl (C=O) groups is 2. The van der Waals surface area contributed by atoms with E-state index >= 15 is 0 Å². The number of allylic oxidation sites excluding steroid dienone is 1. The minimum absolute atomic E-state index is 0.0456. The summed E-state index contributed by atoms with van der Waals surface area (Å²) < 4.78 is 5.24. The van der Waals surface area contributed by atoms with E-state index in [4.69, 9.17) is 10.5 Å². The first kappa shape index (κ1) is 23.9. The molecule has 0 radical (unpaired) electrons. The van der Waals surface area contributed by atoms with Crippen LogP contribution in [0.25, 0.3) is 0 Å². The van der Waals surface area contributed by atoms with Crippen LogP contribution in [0.5, 0.6) is 0 Å². The van der Waals surface area contributed by atoms with Crippen molar-refractivity contribution in [3.63, 3.8) is 0 Å². The van der Waals surface area contributed by atoms with Gasteiger partial charge in [-0.1, -0.05) is 0 Å². The van der Waals surface area contributed by atoms with Crippen molar-refractivity contribution in [2.24, 2.45) is 5.41 Å². The third-order valence-corrected chi connectivity index (χ3v) is 4.89. The molecular formula is C19H30N4O4S. The number of nitrogen functional groups attached to an aromatic ring is 1. The number of nitrogens with two attached hydrogens (primary N) is 1. The highest BCUT2D eigenvalue weighted by Crippen LogP contribution is 2.23. The Bertz CT molecular complexity index is 729. The molecule has 28 heavy (non-hydrogen) atoms. The van der Waals surface area contributed by atoms with Gasteiger partial charge in [0.2, 0.25) is 5.91 Å². The highest BCUT2D eigenvalue weighted by Gasteiger charge is 2.22. The van der Waals surface area contributed by atoms with Crippen molar-refractivity contribution < 1.29 is 19.4 Å². The van der Waals surface area contributed by atoms with Crippen molar-refractivity contribution in [2.45, 2.75) is 47.5 Å². The van der Waals surface area contributed by atoms with Gasteiger partial charge in [-0.2, -0.15) is 0 Å². The Balaban J connectivity index is 2.63. The Hall–Kier alpha value is -2.13. The van der Waals surface area contributed by atoms with Crippen LogP contribution in [0.15, 0.2) is 16.8 Å². The number of ether oxygens (including phenoxy) is 1. The molecule has 156 valence electrons. The molecule has 1 aromatic heterocycles. The average Bonchev–Trinajstić information content (AvgIpc) is 2.58. The van der Waals surface area contributed by atoms with Gasteiger partial charge in [-0.15, -0.1) is 11.8 Å². The van der Waals surface area contributed by atoms with Crippen molar-refractivity contribution in [3.05, 3.63) is 28.2 Å². The lowest BCUT2D eigenvalue weighted by Gasteiger charge is -2.17. The molecule has 1 rings (SSSR count). The molecule has 0 atom stereocenters. The van der Waals surface area contributed by atoms with Crippen LogP contribution in [0.2, 0.25) is 0 Å². The first-order valence-electron chi connectivity index (χ1n) is 9.03. The van der Waals surface area contributed by atoms with E-state index in [0.29, 0.717) is 29.3 Å². The van der Waals surface area contributed by atoms with Gasteiger partial charge in [0.25, 0.3) is 0 Å². The summed E-state index contributed by atoms with van der Waals surface area (Å²) in [6.45, 7) is 9.10. The number of nitrogens with one attached hydrogen (secondary N) is 1. The van der Waals surface area contributed by atoms with Gasteiger partial charge in [0.15, 0.2) is 0 Å². The number of aromatic nitrogens is 2. The van der Waals surface area contributed by atoms with Gasteiger partial charge in [-0.05, 0) is 34.6 Å². The van der Waals surface area contributed by atoms with E-state index in [2.05, 4.69) is 15.3 Å². The number of hydrogen-bond acceptors (Lipinski definition) is 8. The van der Waals surface area contributed by atoms with Crippen LogP contribution >= 0.6 is 11.8 Å². The van der Waals surface area contributed by atoms with E-state index in [1.165, 1.54) is 11.8 Å². The zero-order valence-corrected chi connectivity index (χ0v) is 18.0. The third kappa shape index (κ3) is 8.26. The number of anilines is 1. The third-order valence-electron chi connectivity index (χ3n) is 3.66. The summed E-state index contributed by atoms with van der Waals surface area (Å²) in [6.07, 6.45) is 2.01. The number of amides is 1. The Kier molecular flexibility index (Phi) is 9.40. The number of carbonyl (C=O) groups excluding carboxylic acids is 2. The first-order chi connectivity index (χ1) is 13.0. The molecule has 1 heterocycles. The molecule has 0 fully saturated rings. The van der Waals surface area contributed by atoms with Gasteiger partial charge in [0, 0.05) is 41.1 Å². The molecule has 0 aromatic carbocycles. The standard InChI is InChI=1S/C19H30N4O4S/c1-12(22-16(25)10-14-11-21-13(2)23-17(14)20)15(6-7-24)28-9-8-27-18(26)19(3,4)5/h11,24H,6-10H2,1-5H3,(H,22,25)(H2,20,21,23). The maximum Gasteiger partial charge on any atom is 0.311 e. The summed E-state index contributed by atoms with van der Waals surface area (Å²) in [5, 5.41) is 12.1. The SMILES string of the molecule is CC(NC(=O)Cc1cnc(C)nc1N)=C(CCO)SCCOC(=O)C(C)(C)C. The number of rotatable bonds is 9. The van der Waals surface area contributed by atoms with E-state index in [0.717, 1.165) is 4.91 Å². The molecular weight excluding hydrogens is 380 g/mol. The highest BCUT2D eigenvalue weighted by atomic mass is 32.2. The lowest BCUT2D eigenvalue weighted by atomic mass is 9.97. The van der Waals surface area contributed by atoms with Crippen molar-refractivity contribution >= 4 is 29.5 Å². The maximum atomic E-state index is 12.3. The summed E-state index contributed by atoms with van der Waals surface area (Å²) in [7, 11) is 0. The fraction of sp³-hybridized carbons (Fsp3) is 0.579. The lowest BCUT2D eigenvalue weighted by molar-refractivity contribution is -0.152. The topological polar surface area (TPSA) is 127 Å². The highest BCUT2D eigenvalue weighted by molar-refractivity contribution is 8.03. The zero-order chi connectivity index (χ0) is 21.3. The number of aliphatic hydroxyl groups excluding tert-OH is 1. The Morgan fingerprint density at radius 2 is 2.04 bits per heavy atom. The largest absolute Gasteiger partial charge is 0.464 e. The van der Waals surface area contributed by atoms with Gasteiger partial charge in [0.05, 0.1) is 11.8 Å². The van der Waals surface area contributed by atoms with Crippen LogP contribution < -0.4 is 11.1 Å². The number of aliphatic hydroxyl groups is 1. The van der Waals surface area contributed by atoms with Crippen LogP contribution in [0.4, 0.5) is 5.82 Å². The normalized spacial score (nSPS) is 12.4. The molecule has 0 aliphatic carbocycles. The minimum atomic E-state index is -0.542. The molecule has 1 aromatic rings. The summed E-state index contributed by atoms with van der Waals surface area (Å²) in [4.78, 5) is 33.0. The van der Waals surface area contributed by atoms with Crippen LogP contribution in [0, 0.1) is 12.3 Å². The fourth-order valence-electron chi connectivity index (χ4n) is 2.13. The molecule has 0 aliphatic heterocycles. The Labute approximate surface area is 170 Å². The molecule has 9 heteroatoms. The summed E-state index contributed by atoms with van der Waals surface area (Å²) in [5.41, 5.74) is 6.49. The Morgan fingerprint density at radius 1 is 1.36 bits per heavy atom. The van der Waals surface area contributed by atoms with Gasteiger partial charge in [-0.3, -0.25) is 9.59 Å². The smallest absolute Gasteiger partial charge is 0.311 e. The maximum absolute atomic E-state index is 12.3. The molecule has 8 nitrogen and oxygen atoms in total. The number of hydrogen-bond donors (Lipinski definition) is 3. The molecule has 0 unspecified atom stereocenters. The van der Waals surface area contributed by atoms with Crippen molar-refractivity contribution in [3.8, 4) is 0 Å². The number of nitrogens with zero attached hydrogens (tertiary/aromatic N) is 2. The number of thioether (sulfide) groups is 1. The van der Waals surface area contributed by atoms with E-state index in [-0.39, 0.29) is 37.3 Å². The molecule has 0 saturated heterocycles. The minimum Gasteiger partial charge on any atom is -0.464 e. The van der Waals surface area contributed by atoms with E-state index in [1.807, 2.05) is 0 Å². The van der Waals surface area contributed by atoms with Crippen LogP contribution in [0.3, 0.4) is 0 Å².